The lowest BCUT2D eigenvalue weighted by atomic mass is 10.1. The lowest BCUT2D eigenvalue weighted by molar-refractivity contribution is 0.629. The Bertz CT molecular complexity index is 735. The molecule has 3 heteroatoms. The highest BCUT2D eigenvalue weighted by atomic mass is 15.0. The molecule has 1 aliphatic heterocycles. The number of rotatable bonds is 2. The van der Waals surface area contributed by atoms with E-state index in [2.05, 4.69) is 66.9 Å². The zero-order chi connectivity index (χ0) is 18.2. The number of aryl methyl sites for hydroxylation is 2. The lowest BCUT2D eigenvalue weighted by Gasteiger charge is -2.16. The van der Waals surface area contributed by atoms with E-state index in [9.17, 15) is 0 Å². The van der Waals surface area contributed by atoms with E-state index in [1.807, 2.05) is 0 Å². The number of benzene rings is 2. The minimum absolute atomic E-state index is 0.827. The van der Waals surface area contributed by atoms with Gasteiger partial charge in [0.15, 0.2) is 0 Å². The van der Waals surface area contributed by atoms with Gasteiger partial charge < -0.3 is 10.6 Å². The third kappa shape index (κ3) is 5.35. The molecule has 0 bridgehead atoms. The number of hydrogen-bond donors (Lipinski definition) is 2. The predicted octanol–water partition coefficient (Wildman–Crippen LogP) is 5.89. The molecule has 0 radical (unpaired) electrons. The Morgan fingerprint density at radius 3 is 2.50 bits per heavy atom. The molecular formula is C23H31N3. The molecule has 0 spiro atoms. The maximum atomic E-state index is 5.03. The van der Waals surface area contributed by atoms with Crippen molar-refractivity contribution < 1.29 is 0 Å². The summed E-state index contributed by atoms with van der Waals surface area (Å²) in [5, 5.41) is 7.20. The third-order valence-electron chi connectivity index (χ3n) is 5.11. The monoisotopic (exact) mass is 349 g/mol. The van der Waals surface area contributed by atoms with Crippen LogP contribution in [-0.2, 0) is 6.54 Å². The summed E-state index contributed by atoms with van der Waals surface area (Å²) in [7, 11) is 0. The Kier molecular flexibility index (Phi) is 6.70. The smallest absolute Gasteiger partial charge is 0.103 e. The fourth-order valence-electron chi connectivity index (χ4n) is 3.34. The summed E-state index contributed by atoms with van der Waals surface area (Å²) in [6.07, 6.45) is 7.35. The van der Waals surface area contributed by atoms with E-state index in [1.54, 1.807) is 0 Å². The normalized spacial score (nSPS) is 17.7. The van der Waals surface area contributed by atoms with Crippen LogP contribution in [0.3, 0.4) is 0 Å². The maximum Gasteiger partial charge on any atom is 0.103 e. The van der Waals surface area contributed by atoms with Crippen molar-refractivity contribution in [1.82, 2.24) is 5.32 Å². The minimum atomic E-state index is 0.827. The van der Waals surface area contributed by atoms with E-state index in [0.29, 0.717) is 0 Å². The van der Waals surface area contributed by atoms with Crippen LogP contribution in [0.2, 0.25) is 0 Å². The lowest BCUT2D eigenvalue weighted by Crippen LogP contribution is -2.23. The van der Waals surface area contributed by atoms with Crippen LogP contribution in [0.5, 0.6) is 0 Å². The van der Waals surface area contributed by atoms with Crippen molar-refractivity contribution in [2.24, 2.45) is 4.99 Å². The molecular weight excluding hydrogens is 318 g/mol. The van der Waals surface area contributed by atoms with Gasteiger partial charge in [0.05, 0.1) is 11.4 Å². The van der Waals surface area contributed by atoms with Crippen LogP contribution in [0.15, 0.2) is 47.5 Å². The molecule has 3 rings (SSSR count). The molecule has 0 unspecified atom stereocenters. The predicted molar refractivity (Wildman–Crippen MR) is 112 cm³/mol. The Balaban J connectivity index is 1.85. The van der Waals surface area contributed by atoms with Crippen LogP contribution < -0.4 is 10.6 Å². The molecule has 26 heavy (non-hydrogen) atoms. The molecule has 2 aromatic carbocycles. The summed E-state index contributed by atoms with van der Waals surface area (Å²) in [6, 6.07) is 15.0. The fourth-order valence-corrected chi connectivity index (χ4v) is 3.34. The molecule has 0 saturated carbocycles. The minimum Gasteiger partial charge on any atom is -0.383 e. The van der Waals surface area contributed by atoms with Crippen molar-refractivity contribution in [3.05, 3.63) is 59.2 Å². The first-order valence-electron chi connectivity index (χ1n) is 9.93. The van der Waals surface area contributed by atoms with Gasteiger partial charge in [-0.1, -0.05) is 49.6 Å². The van der Waals surface area contributed by atoms with Gasteiger partial charge in [-0.2, -0.15) is 0 Å². The van der Waals surface area contributed by atoms with Gasteiger partial charge >= 0.3 is 0 Å². The second kappa shape index (κ2) is 9.42. The van der Waals surface area contributed by atoms with Crippen LogP contribution in [-0.4, -0.2) is 12.4 Å². The van der Waals surface area contributed by atoms with Gasteiger partial charge in [0.25, 0.3) is 0 Å². The zero-order valence-corrected chi connectivity index (χ0v) is 16.1. The molecule has 0 aromatic heterocycles. The first kappa shape index (κ1) is 18.5. The number of fused-ring (bicyclic) bond motifs is 1. The SMILES string of the molecule is Cc1cc2c(cc1C)NCCCCCCC/C(NCc1ccccc1)=N\2. The largest absolute Gasteiger partial charge is 0.383 e. The first-order valence-corrected chi connectivity index (χ1v) is 9.93. The number of nitrogens with zero attached hydrogens (tertiary/aromatic N) is 1. The molecule has 0 aliphatic carbocycles. The number of amidine groups is 1. The summed E-state index contributed by atoms with van der Waals surface area (Å²) in [5.41, 5.74) is 6.12. The second-order valence-electron chi connectivity index (χ2n) is 7.30. The third-order valence-corrected chi connectivity index (χ3v) is 5.11. The Morgan fingerprint density at radius 2 is 1.65 bits per heavy atom. The van der Waals surface area contributed by atoms with Gasteiger partial charge in [-0.3, -0.25) is 0 Å². The molecule has 3 nitrogen and oxygen atoms in total. The molecule has 0 fully saturated rings. The molecule has 138 valence electrons. The van der Waals surface area contributed by atoms with Crippen LogP contribution >= 0.6 is 0 Å². The molecule has 1 aliphatic rings. The molecule has 2 aromatic rings. The van der Waals surface area contributed by atoms with Gasteiger partial charge in [-0.05, 0) is 55.5 Å². The van der Waals surface area contributed by atoms with E-state index in [0.717, 1.165) is 36.7 Å². The molecule has 1 heterocycles. The van der Waals surface area contributed by atoms with E-state index >= 15 is 0 Å². The zero-order valence-electron chi connectivity index (χ0n) is 16.1. The molecule has 0 amide bonds. The van der Waals surface area contributed by atoms with E-state index < -0.39 is 0 Å². The highest BCUT2D eigenvalue weighted by molar-refractivity contribution is 5.87. The first-order chi connectivity index (χ1) is 12.7. The summed E-state index contributed by atoms with van der Waals surface area (Å²) < 4.78 is 0. The average molecular weight is 350 g/mol. The Hall–Kier alpha value is -2.29. The van der Waals surface area contributed by atoms with Crippen molar-refractivity contribution in [2.75, 3.05) is 11.9 Å². The Morgan fingerprint density at radius 1 is 0.923 bits per heavy atom. The molecule has 0 atom stereocenters. The van der Waals surface area contributed by atoms with Crippen molar-refractivity contribution in [1.29, 1.82) is 0 Å². The van der Waals surface area contributed by atoms with E-state index in [4.69, 9.17) is 4.99 Å². The highest BCUT2D eigenvalue weighted by Crippen LogP contribution is 2.29. The Labute approximate surface area is 157 Å². The van der Waals surface area contributed by atoms with Crippen molar-refractivity contribution in [2.45, 2.75) is 58.9 Å². The number of hydrogen-bond acceptors (Lipinski definition) is 3. The average Bonchev–Trinajstić information content (AvgIpc) is 2.64. The van der Waals surface area contributed by atoms with Crippen LogP contribution in [0.4, 0.5) is 11.4 Å². The standard InChI is InChI=1S/C23H31N3/c1-18-15-21-22(16-19(18)2)26-23(13-9-4-3-5-10-14-24-21)25-17-20-11-7-6-8-12-20/h6-8,11-12,15-16,24H,3-5,9-10,13-14,17H2,1-2H3,(H,25,26). The summed E-state index contributed by atoms with van der Waals surface area (Å²) in [6.45, 7) is 6.19. The van der Waals surface area contributed by atoms with E-state index in [1.165, 1.54) is 48.8 Å². The maximum absolute atomic E-state index is 5.03. The van der Waals surface area contributed by atoms with Crippen molar-refractivity contribution in [3.8, 4) is 0 Å². The van der Waals surface area contributed by atoms with Crippen molar-refractivity contribution in [3.63, 3.8) is 0 Å². The van der Waals surface area contributed by atoms with Gasteiger partial charge in [-0.25, -0.2) is 4.99 Å². The summed E-state index contributed by atoms with van der Waals surface area (Å²) >= 11 is 0. The quantitative estimate of drug-likeness (QED) is 0.709. The van der Waals surface area contributed by atoms with Gasteiger partial charge in [0, 0.05) is 19.5 Å². The second-order valence-corrected chi connectivity index (χ2v) is 7.30. The fraction of sp³-hybridized carbons (Fsp3) is 0.435. The van der Waals surface area contributed by atoms with Crippen LogP contribution in [0, 0.1) is 13.8 Å². The van der Waals surface area contributed by atoms with E-state index in [-0.39, 0.29) is 0 Å². The van der Waals surface area contributed by atoms with Gasteiger partial charge in [0.2, 0.25) is 0 Å². The summed E-state index contributed by atoms with van der Waals surface area (Å²) in [5.74, 6) is 1.10. The summed E-state index contributed by atoms with van der Waals surface area (Å²) in [4.78, 5) is 5.03. The molecule has 2 N–H and O–H groups in total. The number of aliphatic imine (C=N–C) groups is 1. The van der Waals surface area contributed by atoms with Gasteiger partial charge in [-0.15, -0.1) is 0 Å². The van der Waals surface area contributed by atoms with Gasteiger partial charge in [0.1, 0.15) is 5.84 Å². The van der Waals surface area contributed by atoms with Crippen LogP contribution in [0.25, 0.3) is 0 Å². The molecule has 0 saturated heterocycles. The highest BCUT2D eigenvalue weighted by Gasteiger charge is 2.08. The topological polar surface area (TPSA) is 36.4 Å². The number of anilines is 1. The van der Waals surface area contributed by atoms with Crippen molar-refractivity contribution >= 4 is 17.2 Å². The van der Waals surface area contributed by atoms with Crippen LogP contribution in [0.1, 0.15) is 55.2 Å². The number of nitrogens with one attached hydrogen (secondary N) is 2.